The largest absolute Gasteiger partial charge is 1.00 e. The van der Waals surface area contributed by atoms with Crippen LogP contribution in [0.2, 0.25) is 0 Å². The Morgan fingerprint density at radius 2 is 1.81 bits per heavy atom. The van der Waals surface area contributed by atoms with E-state index in [1.54, 1.807) is 0 Å². The summed E-state index contributed by atoms with van der Waals surface area (Å²) in [7, 11) is 2.36. The molecule has 1 heterocycles. The zero-order valence-corrected chi connectivity index (χ0v) is 16.4. The molecule has 21 heavy (non-hydrogen) atoms. The van der Waals surface area contributed by atoms with E-state index in [0.717, 1.165) is 36.4 Å². The average Bonchev–Trinajstić information content (AvgIpc) is 2.37. The fourth-order valence-electron chi connectivity index (χ4n) is 1.41. The number of alkyl halides is 3. The average molecular weight is 413 g/mol. The number of hydrogen-bond donors (Lipinski definition) is 1. The van der Waals surface area contributed by atoms with E-state index in [4.69, 9.17) is 34.8 Å². The number of H-pyrrole nitrogens is 1. The number of nitrogens with one attached hydrogen (secondary N) is 2. The van der Waals surface area contributed by atoms with Crippen LogP contribution in [0.15, 0.2) is 5.16 Å². The van der Waals surface area contributed by atoms with Gasteiger partial charge in [-0.15, -0.1) is 0 Å². The van der Waals surface area contributed by atoms with Crippen LogP contribution in [0.25, 0.3) is 0 Å². The van der Waals surface area contributed by atoms with Crippen molar-refractivity contribution in [1.29, 1.82) is 0 Å². The minimum atomic E-state index is -1.39. The van der Waals surface area contributed by atoms with Gasteiger partial charge in [0.05, 0.1) is 13.1 Å². The van der Waals surface area contributed by atoms with Crippen molar-refractivity contribution in [3.05, 3.63) is 0 Å². The maximum absolute atomic E-state index is 5.73. The zero-order chi connectivity index (χ0) is 15.2. The lowest BCUT2D eigenvalue weighted by Crippen LogP contribution is -3.00. The smallest absolute Gasteiger partial charge is 0.352 e. The normalized spacial score (nSPS) is 11.0. The molecule has 0 bridgehead atoms. The molecule has 0 aromatic carbocycles. The number of rotatable bonds is 7. The third kappa shape index (κ3) is 8.04. The van der Waals surface area contributed by atoms with Crippen molar-refractivity contribution in [3.8, 4) is 0 Å². The van der Waals surface area contributed by atoms with E-state index >= 15 is 0 Å². The number of aromatic amines is 1. The van der Waals surface area contributed by atoms with Crippen LogP contribution in [-0.2, 0) is 0 Å². The second-order valence-electron chi connectivity index (χ2n) is 3.62. The summed E-state index contributed by atoms with van der Waals surface area (Å²) in [5, 5.41) is 3.73. The summed E-state index contributed by atoms with van der Waals surface area (Å²) in [5.74, 6) is 1.30. The minimum Gasteiger partial charge on any atom is -1.00 e. The van der Waals surface area contributed by atoms with Crippen LogP contribution in [0.4, 0.5) is 11.9 Å². The Bertz CT molecular complexity index is 428. The standard InChI is InChI=1S/C10H16Cl3N5S2.ClH/c1-4-14-7-15-8(18(5-2)6-3)17-9(16-7)19-20-10(11,12)13;/h4-6H2,1-3H3,(H,14,15,16,17);1H. The molecule has 0 saturated heterocycles. The first-order chi connectivity index (χ1) is 9.39. The SMILES string of the molecule is CCNc1nc(SSC(Cl)(Cl)Cl)[nH+]c(N(CC)CC)n1.[Cl-]. The molecule has 0 fully saturated rings. The third-order valence-corrected chi connectivity index (χ3v) is 5.87. The first-order valence-electron chi connectivity index (χ1n) is 6.12. The highest BCUT2D eigenvalue weighted by molar-refractivity contribution is 8.78. The van der Waals surface area contributed by atoms with Gasteiger partial charge in [-0.25, -0.2) is 4.98 Å². The van der Waals surface area contributed by atoms with E-state index in [1.807, 2.05) is 6.92 Å². The molecule has 0 unspecified atom stereocenters. The van der Waals surface area contributed by atoms with Crippen LogP contribution in [0.5, 0.6) is 0 Å². The molecular weight excluding hydrogens is 396 g/mol. The van der Waals surface area contributed by atoms with Gasteiger partial charge in [0.1, 0.15) is 0 Å². The molecule has 5 nitrogen and oxygen atoms in total. The number of anilines is 2. The van der Waals surface area contributed by atoms with Crippen molar-refractivity contribution in [2.75, 3.05) is 29.9 Å². The number of nitrogens with zero attached hydrogens (tertiary/aromatic N) is 3. The molecule has 1 aromatic heterocycles. The van der Waals surface area contributed by atoms with Crippen molar-refractivity contribution in [2.45, 2.75) is 29.1 Å². The topological polar surface area (TPSA) is 55.2 Å². The number of aromatic nitrogens is 3. The van der Waals surface area contributed by atoms with Crippen LogP contribution < -0.4 is 27.6 Å². The first-order valence-corrected chi connectivity index (χ1v) is 9.40. The maximum atomic E-state index is 5.73. The molecule has 11 heteroatoms. The Labute approximate surface area is 154 Å². The van der Waals surface area contributed by atoms with Crippen molar-refractivity contribution in [3.63, 3.8) is 0 Å². The molecular formula is C10H17Cl4N5S2. The van der Waals surface area contributed by atoms with Crippen LogP contribution in [0.3, 0.4) is 0 Å². The first kappa shape index (κ1) is 21.5. The summed E-state index contributed by atoms with van der Waals surface area (Å²) < 4.78 is -1.39. The van der Waals surface area contributed by atoms with E-state index in [0.29, 0.717) is 11.1 Å². The zero-order valence-electron chi connectivity index (χ0n) is 11.8. The maximum Gasteiger partial charge on any atom is 0.352 e. The fraction of sp³-hybridized carbons (Fsp3) is 0.700. The van der Waals surface area contributed by atoms with Crippen LogP contribution in [-0.4, -0.2) is 32.7 Å². The monoisotopic (exact) mass is 411 g/mol. The molecule has 0 spiro atoms. The van der Waals surface area contributed by atoms with Gasteiger partial charge in [0.15, 0.2) is 0 Å². The van der Waals surface area contributed by atoms with Gasteiger partial charge in [0.25, 0.3) is 5.16 Å². The van der Waals surface area contributed by atoms with Gasteiger partial charge in [-0.1, -0.05) is 44.8 Å². The van der Waals surface area contributed by atoms with Crippen LogP contribution in [0, 0.1) is 0 Å². The second kappa shape index (κ2) is 10.3. The lowest BCUT2D eigenvalue weighted by atomic mass is 10.5. The molecule has 0 aliphatic heterocycles. The molecule has 122 valence electrons. The van der Waals surface area contributed by atoms with E-state index in [1.165, 1.54) is 10.8 Å². The molecule has 0 aliphatic carbocycles. The molecule has 0 radical (unpaired) electrons. The van der Waals surface area contributed by atoms with Crippen molar-refractivity contribution in [1.82, 2.24) is 9.97 Å². The molecule has 0 aliphatic rings. The predicted molar refractivity (Wildman–Crippen MR) is 90.1 cm³/mol. The van der Waals surface area contributed by atoms with Crippen LogP contribution in [0.1, 0.15) is 20.8 Å². The Morgan fingerprint density at radius 3 is 2.29 bits per heavy atom. The van der Waals surface area contributed by atoms with E-state index in [9.17, 15) is 0 Å². The second-order valence-corrected chi connectivity index (χ2v) is 8.90. The van der Waals surface area contributed by atoms with Gasteiger partial charge in [-0.3, -0.25) is 4.90 Å². The Kier molecular flexibility index (Phi) is 10.5. The summed E-state index contributed by atoms with van der Waals surface area (Å²) in [6.45, 7) is 8.54. The van der Waals surface area contributed by atoms with E-state index in [-0.39, 0.29) is 12.4 Å². The van der Waals surface area contributed by atoms with Gasteiger partial charge in [-0.2, -0.15) is 0 Å². The molecule has 1 rings (SSSR count). The molecule has 1 aromatic rings. The number of hydrogen-bond acceptors (Lipinski definition) is 6. The summed E-state index contributed by atoms with van der Waals surface area (Å²) in [6.07, 6.45) is 0. The van der Waals surface area contributed by atoms with Crippen molar-refractivity contribution >= 4 is 68.3 Å². The quantitative estimate of drug-likeness (QED) is 0.523. The van der Waals surface area contributed by atoms with Gasteiger partial charge < -0.3 is 17.7 Å². The fourth-order valence-corrected chi connectivity index (χ4v) is 3.45. The van der Waals surface area contributed by atoms with Crippen LogP contribution >= 0.6 is 56.4 Å². The molecule has 0 amide bonds. The highest BCUT2D eigenvalue weighted by atomic mass is 35.6. The highest BCUT2D eigenvalue weighted by Gasteiger charge is 2.25. The highest BCUT2D eigenvalue weighted by Crippen LogP contribution is 2.47. The Morgan fingerprint density at radius 1 is 1.19 bits per heavy atom. The molecule has 2 N–H and O–H groups in total. The third-order valence-electron chi connectivity index (χ3n) is 2.25. The summed E-state index contributed by atoms with van der Waals surface area (Å²) in [5.41, 5.74) is 0. The minimum absolute atomic E-state index is 0. The number of halogens is 4. The summed E-state index contributed by atoms with van der Waals surface area (Å²) in [4.78, 5) is 14.0. The van der Waals surface area contributed by atoms with Crippen molar-refractivity contribution in [2.24, 2.45) is 0 Å². The summed E-state index contributed by atoms with van der Waals surface area (Å²) in [6, 6.07) is 0. The van der Waals surface area contributed by atoms with Gasteiger partial charge in [0, 0.05) is 17.3 Å². The Balaban J connectivity index is 0.00000400. The lowest BCUT2D eigenvalue weighted by molar-refractivity contribution is -0.423. The van der Waals surface area contributed by atoms with Gasteiger partial charge in [-0.05, 0) is 31.6 Å². The van der Waals surface area contributed by atoms with E-state index in [2.05, 4.69) is 39.0 Å². The summed E-state index contributed by atoms with van der Waals surface area (Å²) >= 11 is 17.2. The van der Waals surface area contributed by atoms with Gasteiger partial charge >= 0.3 is 11.9 Å². The Hall–Kier alpha value is 0.470. The molecule has 0 saturated carbocycles. The van der Waals surface area contributed by atoms with E-state index < -0.39 is 3.12 Å². The molecule has 0 atom stereocenters. The van der Waals surface area contributed by atoms with Gasteiger partial charge in [0.2, 0.25) is 3.12 Å². The van der Waals surface area contributed by atoms with Crippen molar-refractivity contribution < 1.29 is 17.4 Å². The lowest BCUT2D eigenvalue weighted by Gasteiger charge is -2.14. The predicted octanol–water partition coefficient (Wildman–Crippen LogP) is 0.641.